The van der Waals surface area contributed by atoms with Gasteiger partial charge in [-0.3, -0.25) is 0 Å². The molecule has 2 aliphatic carbocycles. The molecular weight excluding hydrogens is 220 g/mol. The quantitative estimate of drug-likeness (QED) is 0.473. The highest BCUT2D eigenvalue weighted by atomic mass is 16.5. The van der Waals surface area contributed by atoms with E-state index >= 15 is 0 Å². The van der Waals surface area contributed by atoms with Crippen LogP contribution in [-0.2, 0) is 0 Å². The summed E-state index contributed by atoms with van der Waals surface area (Å²) in [5.41, 5.74) is -0.209. The van der Waals surface area contributed by atoms with Crippen molar-refractivity contribution in [1.82, 2.24) is 0 Å². The molecule has 4 heterocycles. The predicted octanol–water partition coefficient (Wildman–Crippen LogP) is 1.62. The number of hydrogen-bond donors (Lipinski definition) is 0. The van der Waals surface area contributed by atoms with Gasteiger partial charge in [0.1, 0.15) is 17.5 Å². The lowest BCUT2D eigenvalue weighted by molar-refractivity contribution is -0.672. The maximum atomic E-state index is 11.9. The summed E-state index contributed by atoms with van der Waals surface area (Å²) in [6, 6.07) is -0.0463. The molecule has 2 saturated carbocycles. The highest BCUT2D eigenvalue weighted by molar-refractivity contribution is 5.11. The van der Waals surface area contributed by atoms with Crippen LogP contribution >= 0.6 is 0 Å². The van der Waals surface area contributed by atoms with Crippen molar-refractivity contribution in [3.63, 3.8) is 0 Å². The van der Waals surface area contributed by atoms with Crippen molar-refractivity contribution in [3.05, 3.63) is 10.4 Å². The summed E-state index contributed by atoms with van der Waals surface area (Å²) in [5.74, 6) is 0.315. The molecule has 2 unspecified atom stereocenters. The molecule has 0 aromatic rings. The van der Waals surface area contributed by atoms with Crippen LogP contribution in [0.2, 0.25) is 0 Å². The molecule has 6 aliphatic rings. The van der Waals surface area contributed by atoms with Crippen LogP contribution in [0.5, 0.6) is 0 Å². The van der Waals surface area contributed by atoms with Gasteiger partial charge in [-0.05, 0) is 30.0 Å². The van der Waals surface area contributed by atoms with Gasteiger partial charge in [-0.25, -0.2) is 0 Å². The van der Waals surface area contributed by atoms with Crippen molar-refractivity contribution in [3.8, 4) is 0 Å². The Hall–Kier alpha value is -1.20. The van der Waals surface area contributed by atoms with Crippen LogP contribution in [0.25, 0.3) is 0 Å². The number of azo groups is 2. The molecule has 6 nitrogen and oxygen atoms in total. The van der Waals surface area contributed by atoms with Crippen LogP contribution in [0.4, 0.5) is 0 Å². The van der Waals surface area contributed by atoms with Gasteiger partial charge < -0.3 is 10.4 Å². The first-order chi connectivity index (χ1) is 8.12. The summed E-state index contributed by atoms with van der Waals surface area (Å²) in [6.07, 6.45) is 3.73. The third-order valence-corrected chi connectivity index (χ3v) is 5.51. The van der Waals surface area contributed by atoms with Crippen LogP contribution in [0.3, 0.4) is 0 Å². The molecule has 17 heavy (non-hydrogen) atoms. The SMILES string of the molecule is CC12C([C@@H]3CC[C@H]1[N+]([O-])=N3)[C@H]1CC[C@@H]2[N+]([O-])=N1. The minimum Gasteiger partial charge on any atom is -0.600 e. The highest BCUT2D eigenvalue weighted by Crippen LogP contribution is 2.58. The van der Waals surface area contributed by atoms with Crippen LogP contribution in [0.15, 0.2) is 10.2 Å². The zero-order valence-corrected chi connectivity index (χ0v) is 9.82. The normalized spacial score (nSPS) is 55.2. The molecule has 0 aromatic carbocycles. The summed E-state index contributed by atoms with van der Waals surface area (Å²) in [5, 5.41) is 32.2. The average Bonchev–Trinajstić information content (AvgIpc) is 2.28. The fraction of sp³-hybridized carbons (Fsp3) is 1.00. The van der Waals surface area contributed by atoms with Gasteiger partial charge in [-0.15, -0.1) is 0 Å². The maximum Gasteiger partial charge on any atom is 0.202 e. The molecule has 6 atom stereocenters. The Balaban J connectivity index is 1.90. The number of hydrogen-bond acceptors (Lipinski definition) is 4. The molecule has 0 spiro atoms. The predicted molar refractivity (Wildman–Crippen MR) is 57.3 cm³/mol. The van der Waals surface area contributed by atoms with Gasteiger partial charge in [0.25, 0.3) is 0 Å². The molecule has 0 N–H and O–H groups in total. The third kappa shape index (κ3) is 0.940. The largest absolute Gasteiger partial charge is 0.600 e. The molecule has 0 aromatic heterocycles. The van der Waals surface area contributed by atoms with Crippen molar-refractivity contribution in [1.29, 1.82) is 0 Å². The lowest BCUT2D eigenvalue weighted by atomic mass is 9.51. The molecule has 0 radical (unpaired) electrons. The van der Waals surface area contributed by atoms with E-state index in [4.69, 9.17) is 0 Å². The summed E-state index contributed by atoms with van der Waals surface area (Å²) in [6.45, 7) is 2.12. The molecule has 92 valence electrons. The fourth-order valence-corrected chi connectivity index (χ4v) is 4.80. The monoisotopic (exact) mass is 236 g/mol. The number of nitrogens with zero attached hydrogens (tertiary/aromatic N) is 4. The van der Waals surface area contributed by atoms with E-state index in [1.54, 1.807) is 0 Å². The molecule has 6 rings (SSSR count). The van der Waals surface area contributed by atoms with E-state index in [1.165, 1.54) is 0 Å². The maximum absolute atomic E-state index is 11.9. The Morgan fingerprint density at radius 3 is 1.82 bits per heavy atom. The minimum atomic E-state index is -0.209. The first-order valence-corrected chi connectivity index (χ1v) is 6.46. The summed E-state index contributed by atoms with van der Waals surface area (Å²) < 4.78 is 0. The van der Waals surface area contributed by atoms with E-state index < -0.39 is 0 Å². The van der Waals surface area contributed by atoms with Crippen molar-refractivity contribution < 1.29 is 9.72 Å². The van der Waals surface area contributed by atoms with E-state index in [-0.39, 0.29) is 29.6 Å². The first-order valence-electron chi connectivity index (χ1n) is 6.46. The molecule has 0 amide bonds. The Morgan fingerprint density at radius 1 is 0.941 bits per heavy atom. The highest BCUT2D eigenvalue weighted by Gasteiger charge is 2.70. The van der Waals surface area contributed by atoms with Gasteiger partial charge in [0.2, 0.25) is 12.1 Å². The van der Waals surface area contributed by atoms with E-state index in [0.29, 0.717) is 5.92 Å². The fourth-order valence-electron chi connectivity index (χ4n) is 4.80. The molecule has 6 heteroatoms. The smallest absolute Gasteiger partial charge is 0.202 e. The molecule has 0 saturated heterocycles. The molecular formula is C11H16N4O2. The zero-order chi connectivity index (χ0) is 11.8. The number of rotatable bonds is 0. The van der Waals surface area contributed by atoms with Gasteiger partial charge in [-0.1, -0.05) is 9.72 Å². The van der Waals surface area contributed by atoms with Crippen molar-refractivity contribution in [2.75, 3.05) is 0 Å². The lowest BCUT2D eigenvalue weighted by Gasteiger charge is -2.56. The Morgan fingerprint density at radius 2 is 1.41 bits per heavy atom. The number of hydroxylamine groups is 2. The lowest BCUT2D eigenvalue weighted by Crippen LogP contribution is -2.69. The second-order valence-electron chi connectivity index (χ2n) is 6.05. The third-order valence-electron chi connectivity index (χ3n) is 5.51. The first kappa shape index (κ1) is 9.79. The molecule has 4 bridgehead atoms. The summed E-state index contributed by atoms with van der Waals surface area (Å²) in [7, 11) is 0. The van der Waals surface area contributed by atoms with Gasteiger partial charge in [0.15, 0.2) is 0 Å². The van der Waals surface area contributed by atoms with E-state index in [0.717, 1.165) is 35.4 Å². The standard InChI is InChI=1S/C11H16N4O2/c1-11-8-4-2-6(12-14(8)16)10(11)7-3-5-9(11)15(17)13-7/h6-10H,2-5H2,1H3/t6-,7+,8+,9-,10?,11?. The second kappa shape index (κ2) is 2.79. The van der Waals surface area contributed by atoms with Crippen molar-refractivity contribution in [2.45, 2.75) is 56.8 Å². The Kier molecular flexibility index (Phi) is 1.61. The van der Waals surface area contributed by atoms with E-state index in [9.17, 15) is 10.4 Å². The number of fused-ring (bicyclic) bond motifs is 2. The summed E-state index contributed by atoms with van der Waals surface area (Å²) >= 11 is 0. The minimum absolute atomic E-state index is 0.0905. The molecule has 2 fully saturated rings. The van der Waals surface area contributed by atoms with Crippen LogP contribution in [-0.4, -0.2) is 33.9 Å². The van der Waals surface area contributed by atoms with Crippen molar-refractivity contribution >= 4 is 0 Å². The van der Waals surface area contributed by atoms with E-state index in [1.807, 2.05) is 0 Å². The van der Waals surface area contributed by atoms with Crippen LogP contribution < -0.4 is 0 Å². The van der Waals surface area contributed by atoms with E-state index in [2.05, 4.69) is 17.2 Å². The van der Waals surface area contributed by atoms with Gasteiger partial charge in [-0.2, -0.15) is 0 Å². The van der Waals surface area contributed by atoms with Gasteiger partial charge in [0.05, 0.1) is 0 Å². The summed E-state index contributed by atoms with van der Waals surface area (Å²) in [4.78, 5) is 1.78. The van der Waals surface area contributed by atoms with Crippen LogP contribution in [0.1, 0.15) is 32.6 Å². The van der Waals surface area contributed by atoms with Gasteiger partial charge in [0, 0.05) is 18.8 Å². The van der Waals surface area contributed by atoms with Gasteiger partial charge >= 0.3 is 0 Å². The topological polar surface area (TPSA) is 76.9 Å². The zero-order valence-electron chi connectivity index (χ0n) is 9.82. The molecule has 4 aliphatic heterocycles. The average molecular weight is 236 g/mol. The van der Waals surface area contributed by atoms with Crippen LogP contribution in [0, 0.1) is 21.7 Å². The van der Waals surface area contributed by atoms with Crippen molar-refractivity contribution in [2.24, 2.45) is 21.6 Å². The second-order valence-corrected chi connectivity index (χ2v) is 6.05. The Labute approximate surface area is 99.2 Å². The Bertz CT molecular complexity index is 411.